The summed E-state index contributed by atoms with van der Waals surface area (Å²) in [6.45, 7) is 3.26. The molecule has 18 heavy (non-hydrogen) atoms. The molecule has 1 aliphatic rings. The van der Waals surface area contributed by atoms with Gasteiger partial charge >= 0.3 is 5.97 Å². The van der Waals surface area contributed by atoms with E-state index in [9.17, 15) is 9.90 Å². The topological polar surface area (TPSA) is 88.0 Å². The fourth-order valence-electron chi connectivity index (χ4n) is 1.95. The van der Waals surface area contributed by atoms with Gasteiger partial charge < -0.3 is 25.0 Å². The number of carbonyl (C=O) groups is 1. The fraction of sp³-hybridized carbons (Fsp3) is 0.917. The average molecular weight is 261 g/mol. The molecule has 1 saturated heterocycles. The van der Waals surface area contributed by atoms with Gasteiger partial charge in [0.25, 0.3) is 0 Å². The second-order valence-electron chi connectivity index (χ2n) is 5.03. The number of aliphatic carboxylic acids is 1. The summed E-state index contributed by atoms with van der Waals surface area (Å²) in [6.07, 6.45) is 1.10. The molecule has 3 atom stereocenters. The second kappa shape index (κ2) is 7.04. The van der Waals surface area contributed by atoms with Crippen LogP contribution in [0.1, 0.15) is 26.2 Å². The lowest BCUT2D eigenvalue weighted by Crippen LogP contribution is -2.41. The Balaban J connectivity index is 2.16. The normalized spacial score (nSPS) is 27.1. The maximum absolute atomic E-state index is 10.7. The fourth-order valence-corrected chi connectivity index (χ4v) is 1.95. The number of carboxylic acid groups (broad SMARTS) is 1. The highest BCUT2D eigenvalue weighted by molar-refractivity contribution is 5.72. The summed E-state index contributed by atoms with van der Waals surface area (Å²) < 4.78 is 10.3. The number of ether oxygens (including phenoxy) is 2. The van der Waals surface area contributed by atoms with Gasteiger partial charge in [-0.05, 0) is 19.8 Å². The molecule has 106 valence electrons. The van der Waals surface area contributed by atoms with Gasteiger partial charge in [-0.3, -0.25) is 0 Å². The van der Waals surface area contributed by atoms with E-state index in [0.717, 1.165) is 6.42 Å². The van der Waals surface area contributed by atoms with Crippen molar-refractivity contribution < 1.29 is 24.5 Å². The van der Waals surface area contributed by atoms with Crippen molar-refractivity contribution in [2.45, 2.75) is 44.0 Å². The summed E-state index contributed by atoms with van der Waals surface area (Å²) >= 11 is 0. The lowest BCUT2D eigenvalue weighted by atomic mass is 10.0. The Bertz CT molecular complexity index is 269. The molecule has 0 bridgehead atoms. The molecule has 0 aromatic carbocycles. The third-order valence-electron chi connectivity index (χ3n) is 3.11. The van der Waals surface area contributed by atoms with Crippen molar-refractivity contribution in [2.24, 2.45) is 0 Å². The minimum Gasteiger partial charge on any atom is -0.479 e. The van der Waals surface area contributed by atoms with Gasteiger partial charge in [0.15, 0.2) is 6.10 Å². The van der Waals surface area contributed by atoms with Gasteiger partial charge in [0.1, 0.15) is 0 Å². The molecule has 0 radical (unpaired) electrons. The quantitative estimate of drug-likeness (QED) is 0.570. The summed E-state index contributed by atoms with van der Waals surface area (Å²) in [7, 11) is 1.60. The van der Waals surface area contributed by atoms with Gasteiger partial charge in [-0.2, -0.15) is 0 Å². The van der Waals surface area contributed by atoms with Crippen LogP contribution >= 0.6 is 0 Å². The van der Waals surface area contributed by atoms with Crippen LogP contribution < -0.4 is 5.32 Å². The minimum atomic E-state index is -0.899. The highest BCUT2D eigenvalue weighted by Crippen LogP contribution is 2.19. The number of methoxy groups -OCH3 is 1. The summed E-state index contributed by atoms with van der Waals surface area (Å²) in [6, 6.07) is 0. The maximum Gasteiger partial charge on any atom is 0.332 e. The molecular weight excluding hydrogens is 238 g/mol. The number of hydrogen-bond donors (Lipinski definition) is 3. The summed E-state index contributed by atoms with van der Waals surface area (Å²) in [4.78, 5) is 10.7. The van der Waals surface area contributed by atoms with Crippen molar-refractivity contribution in [3.8, 4) is 0 Å². The summed E-state index contributed by atoms with van der Waals surface area (Å²) in [5, 5.41) is 21.9. The third kappa shape index (κ3) is 5.30. The zero-order chi connectivity index (χ0) is 13.6. The first-order chi connectivity index (χ1) is 8.44. The molecule has 0 aromatic rings. The molecular formula is C12H23NO5. The van der Waals surface area contributed by atoms with E-state index in [1.807, 2.05) is 0 Å². The molecule has 3 unspecified atom stereocenters. The molecule has 0 spiro atoms. The van der Waals surface area contributed by atoms with Crippen molar-refractivity contribution in [3.63, 3.8) is 0 Å². The van der Waals surface area contributed by atoms with E-state index in [-0.39, 0.29) is 6.10 Å². The summed E-state index contributed by atoms with van der Waals surface area (Å²) in [5.74, 6) is -0.899. The Kier molecular flexibility index (Phi) is 6.01. The van der Waals surface area contributed by atoms with E-state index < -0.39 is 17.7 Å². The van der Waals surface area contributed by atoms with Crippen LogP contribution in [0.15, 0.2) is 0 Å². The van der Waals surface area contributed by atoms with Crippen LogP contribution in [0.25, 0.3) is 0 Å². The first-order valence-corrected chi connectivity index (χ1v) is 6.25. The number of rotatable bonds is 8. The number of nitrogens with one attached hydrogen (secondary N) is 1. The van der Waals surface area contributed by atoms with E-state index in [0.29, 0.717) is 32.5 Å². The smallest absolute Gasteiger partial charge is 0.332 e. The Morgan fingerprint density at radius 2 is 2.28 bits per heavy atom. The Labute approximate surface area is 107 Å². The third-order valence-corrected chi connectivity index (χ3v) is 3.11. The van der Waals surface area contributed by atoms with Crippen molar-refractivity contribution in [1.29, 1.82) is 0 Å². The van der Waals surface area contributed by atoms with E-state index in [4.69, 9.17) is 14.6 Å². The molecule has 0 saturated carbocycles. The zero-order valence-corrected chi connectivity index (χ0v) is 11.0. The zero-order valence-electron chi connectivity index (χ0n) is 11.0. The summed E-state index contributed by atoms with van der Waals surface area (Å²) in [5.41, 5.74) is -0.819. The highest BCUT2D eigenvalue weighted by atomic mass is 16.5. The molecule has 1 fully saturated rings. The molecule has 0 aliphatic carbocycles. The van der Waals surface area contributed by atoms with E-state index in [2.05, 4.69) is 5.32 Å². The SMILES string of the molecule is COCCC(C)(O)CNCC1CCC(C(=O)O)O1. The molecule has 0 amide bonds. The maximum atomic E-state index is 10.7. The predicted octanol–water partition coefficient (Wildman–Crippen LogP) is -0.00430. The predicted molar refractivity (Wildman–Crippen MR) is 65.5 cm³/mol. The Morgan fingerprint density at radius 1 is 1.56 bits per heavy atom. The number of carboxylic acids is 1. The molecule has 1 rings (SSSR count). The first-order valence-electron chi connectivity index (χ1n) is 6.25. The van der Waals surface area contributed by atoms with Crippen molar-refractivity contribution in [3.05, 3.63) is 0 Å². The van der Waals surface area contributed by atoms with Crippen LogP contribution in [0.3, 0.4) is 0 Å². The monoisotopic (exact) mass is 261 g/mol. The molecule has 1 aliphatic heterocycles. The molecule has 1 heterocycles. The number of hydrogen-bond acceptors (Lipinski definition) is 5. The Morgan fingerprint density at radius 3 is 2.83 bits per heavy atom. The van der Waals surface area contributed by atoms with Crippen molar-refractivity contribution in [2.75, 3.05) is 26.8 Å². The second-order valence-corrected chi connectivity index (χ2v) is 5.03. The van der Waals surface area contributed by atoms with Gasteiger partial charge in [-0.15, -0.1) is 0 Å². The van der Waals surface area contributed by atoms with Gasteiger partial charge in [-0.25, -0.2) is 4.79 Å². The van der Waals surface area contributed by atoms with Crippen LogP contribution in [0, 0.1) is 0 Å². The van der Waals surface area contributed by atoms with Crippen molar-refractivity contribution in [1.82, 2.24) is 5.32 Å². The molecule has 6 heteroatoms. The van der Waals surface area contributed by atoms with Crippen LogP contribution in [0.4, 0.5) is 0 Å². The van der Waals surface area contributed by atoms with Gasteiger partial charge in [0.2, 0.25) is 0 Å². The Hall–Kier alpha value is -0.690. The van der Waals surface area contributed by atoms with E-state index in [1.165, 1.54) is 0 Å². The molecule has 6 nitrogen and oxygen atoms in total. The van der Waals surface area contributed by atoms with Crippen LogP contribution in [0.2, 0.25) is 0 Å². The standard InChI is InChI=1S/C12H23NO5/c1-12(16,5-6-17-2)8-13-7-9-3-4-10(18-9)11(14)15/h9-10,13,16H,3-8H2,1-2H3,(H,14,15). The van der Waals surface area contributed by atoms with E-state index >= 15 is 0 Å². The van der Waals surface area contributed by atoms with Gasteiger partial charge in [-0.1, -0.05) is 0 Å². The van der Waals surface area contributed by atoms with E-state index in [1.54, 1.807) is 14.0 Å². The van der Waals surface area contributed by atoms with Crippen LogP contribution in [-0.2, 0) is 14.3 Å². The lowest BCUT2D eigenvalue weighted by Gasteiger charge is -2.24. The van der Waals surface area contributed by atoms with Gasteiger partial charge in [0, 0.05) is 33.2 Å². The van der Waals surface area contributed by atoms with Gasteiger partial charge in [0.05, 0.1) is 11.7 Å². The molecule has 3 N–H and O–H groups in total. The minimum absolute atomic E-state index is 0.0793. The number of aliphatic hydroxyl groups is 1. The lowest BCUT2D eigenvalue weighted by molar-refractivity contribution is -0.149. The van der Waals surface area contributed by atoms with Crippen LogP contribution in [0.5, 0.6) is 0 Å². The average Bonchev–Trinajstić information content (AvgIpc) is 2.75. The highest BCUT2D eigenvalue weighted by Gasteiger charge is 2.30. The first kappa shape index (κ1) is 15.4. The largest absolute Gasteiger partial charge is 0.479 e. The van der Waals surface area contributed by atoms with Crippen molar-refractivity contribution >= 4 is 5.97 Å². The molecule has 0 aromatic heterocycles. The van der Waals surface area contributed by atoms with Crippen LogP contribution in [-0.4, -0.2) is 60.8 Å².